The molecule has 2 fully saturated rings. The number of ether oxygens (including phenoxy) is 3. The number of amides is 1. The Balaban J connectivity index is 1.71. The van der Waals surface area contributed by atoms with Crippen molar-refractivity contribution >= 4 is 11.6 Å². The number of benzene rings is 1. The first-order valence-corrected chi connectivity index (χ1v) is 9.07. The summed E-state index contributed by atoms with van der Waals surface area (Å²) in [5, 5.41) is 11.4. The second-order valence-corrected chi connectivity index (χ2v) is 6.71. The van der Waals surface area contributed by atoms with Crippen LogP contribution in [0.4, 0.5) is 5.69 Å². The summed E-state index contributed by atoms with van der Waals surface area (Å²) >= 11 is 0. The molecule has 9 heteroatoms. The number of carbonyl (C=O) groups is 1. The van der Waals surface area contributed by atoms with E-state index in [1.54, 1.807) is 4.90 Å². The molecule has 1 amide bonds. The van der Waals surface area contributed by atoms with Gasteiger partial charge < -0.3 is 19.1 Å². The predicted molar refractivity (Wildman–Crippen MR) is 97.5 cm³/mol. The molecule has 9 nitrogen and oxygen atoms in total. The summed E-state index contributed by atoms with van der Waals surface area (Å²) in [5.74, 6) is 0.157. The highest BCUT2D eigenvalue weighted by molar-refractivity contribution is 5.99. The van der Waals surface area contributed by atoms with Crippen LogP contribution in [0.15, 0.2) is 12.1 Å². The predicted octanol–water partition coefficient (Wildman–Crippen LogP) is 1.55. The molecule has 0 aromatic heterocycles. The van der Waals surface area contributed by atoms with Crippen molar-refractivity contribution in [1.82, 2.24) is 9.80 Å². The highest BCUT2D eigenvalue weighted by Gasteiger charge is 2.30. The first-order chi connectivity index (χ1) is 13.0. The fourth-order valence-corrected chi connectivity index (χ4v) is 3.57. The molecule has 2 heterocycles. The van der Waals surface area contributed by atoms with Crippen molar-refractivity contribution in [2.75, 3.05) is 53.6 Å². The first kappa shape index (κ1) is 19.4. The van der Waals surface area contributed by atoms with Crippen molar-refractivity contribution in [3.05, 3.63) is 27.8 Å². The number of nitrogens with zero attached hydrogens (tertiary/aromatic N) is 3. The highest BCUT2D eigenvalue weighted by Crippen LogP contribution is 2.35. The van der Waals surface area contributed by atoms with Crippen LogP contribution in [-0.4, -0.2) is 80.3 Å². The summed E-state index contributed by atoms with van der Waals surface area (Å²) in [4.78, 5) is 27.7. The summed E-state index contributed by atoms with van der Waals surface area (Å²) in [6, 6.07) is 2.62. The quantitative estimate of drug-likeness (QED) is 0.547. The molecule has 0 bridgehead atoms. The lowest BCUT2D eigenvalue weighted by Crippen LogP contribution is -2.50. The molecule has 148 valence electrons. The van der Waals surface area contributed by atoms with E-state index in [9.17, 15) is 14.9 Å². The van der Waals surface area contributed by atoms with Crippen molar-refractivity contribution in [3.63, 3.8) is 0 Å². The van der Waals surface area contributed by atoms with E-state index in [2.05, 4.69) is 4.90 Å². The Morgan fingerprint density at radius 1 is 1.22 bits per heavy atom. The van der Waals surface area contributed by atoms with Gasteiger partial charge in [-0.1, -0.05) is 0 Å². The number of methoxy groups -OCH3 is 2. The third-order valence-corrected chi connectivity index (χ3v) is 5.07. The molecular weight excluding hydrogens is 354 g/mol. The van der Waals surface area contributed by atoms with Crippen molar-refractivity contribution in [2.24, 2.45) is 0 Å². The molecule has 2 aliphatic rings. The molecule has 27 heavy (non-hydrogen) atoms. The van der Waals surface area contributed by atoms with Crippen LogP contribution in [0.3, 0.4) is 0 Å². The summed E-state index contributed by atoms with van der Waals surface area (Å²) in [6.07, 6.45) is 2.46. The van der Waals surface area contributed by atoms with Gasteiger partial charge in [-0.25, -0.2) is 0 Å². The number of carbonyl (C=O) groups excluding carboxylic acids is 1. The number of hydrogen-bond acceptors (Lipinski definition) is 7. The monoisotopic (exact) mass is 379 g/mol. The van der Waals surface area contributed by atoms with E-state index in [0.29, 0.717) is 18.8 Å². The fraction of sp³-hybridized carbons (Fsp3) is 0.611. The van der Waals surface area contributed by atoms with Crippen LogP contribution >= 0.6 is 0 Å². The lowest BCUT2D eigenvalue weighted by molar-refractivity contribution is -0.385. The molecule has 1 unspecified atom stereocenters. The Labute approximate surface area is 157 Å². The minimum absolute atomic E-state index is 0.0187. The highest BCUT2D eigenvalue weighted by atomic mass is 16.6. The van der Waals surface area contributed by atoms with Crippen LogP contribution in [0.1, 0.15) is 23.2 Å². The summed E-state index contributed by atoms with van der Waals surface area (Å²) < 4.78 is 16.0. The van der Waals surface area contributed by atoms with Crippen LogP contribution in [0.2, 0.25) is 0 Å². The molecule has 2 saturated heterocycles. The van der Waals surface area contributed by atoms with Gasteiger partial charge in [0.05, 0.1) is 31.3 Å². The average molecular weight is 379 g/mol. The summed E-state index contributed by atoms with van der Waals surface area (Å²) in [6.45, 7) is 4.21. The van der Waals surface area contributed by atoms with E-state index < -0.39 is 4.92 Å². The zero-order valence-corrected chi connectivity index (χ0v) is 15.7. The maximum Gasteiger partial charge on any atom is 0.286 e. The van der Waals surface area contributed by atoms with E-state index in [-0.39, 0.29) is 29.0 Å². The van der Waals surface area contributed by atoms with Gasteiger partial charge in [-0.15, -0.1) is 0 Å². The van der Waals surface area contributed by atoms with Gasteiger partial charge in [0.2, 0.25) is 0 Å². The lowest BCUT2D eigenvalue weighted by Gasteiger charge is -2.35. The second-order valence-electron chi connectivity index (χ2n) is 6.71. The Morgan fingerprint density at radius 3 is 2.44 bits per heavy atom. The van der Waals surface area contributed by atoms with Crippen LogP contribution in [-0.2, 0) is 4.74 Å². The Kier molecular flexibility index (Phi) is 6.12. The normalized spacial score (nSPS) is 20.5. The van der Waals surface area contributed by atoms with Gasteiger partial charge in [-0.2, -0.15) is 0 Å². The zero-order valence-electron chi connectivity index (χ0n) is 15.7. The summed E-state index contributed by atoms with van der Waals surface area (Å²) in [5.41, 5.74) is -0.260. The third-order valence-electron chi connectivity index (χ3n) is 5.07. The van der Waals surface area contributed by atoms with Gasteiger partial charge in [-0.05, 0) is 12.8 Å². The minimum Gasteiger partial charge on any atom is -0.493 e. The molecule has 0 saturated carbocycles. The van der Waals surface area contributed by atoms with Gasteiger partial charge >= 0.3 is 0 Å². The maximum absolute atomic E-state index is 12.9. The molecule has 1 atom stereocenters. The van der Waals surface area contributed by atoms with Crippen LogP contribution in [0, 0.1) is 10.1 Å². The van der Waals surface area contributed by atoms with E-state index in [0.717, 1.165) is 39.1 Å². The minimum atomic E-state index is -0.567. The largest absolute Gasteiger partial charge is 0.493 e. The molecule has 1 aromatic carbocycles. The SMILES string of the molecule is COc1cc(C(=O)N2CCN(CC3CCCO3)CC2)c([N+](=O)[O-])cc1OC. The van der Waals surface area contributed by atoms with Crippen molar-refractivity contribution < 1.29 is 23.9 Å². The van der Waals surface area contributed by atoms with E-state index in [4.69, 9.17) is 14.2 Å². The Bertz CT molecular complexity index is 697. The van der Waals surface area contributed by atoms with Gasteiger partial charge in [0.1, 0.15) is 5.56 Å². The Morgan fingerprint density at radius 2 is 1.89 bits per heavy atom. The number of rotatable bonds is 6. The van der Waals surface area contributed by atoms with Crippen molar-refractivity contribution in [3.8, 4) is 11.5 Å². The van der Waals surface area contributed by atoms with E-state index in [1.807, 2.05) is 0 Å². The van der Waals surface area contributed by atoms with Crippen molar-refractivity contribution in [1.29, 1.82) is 0 Å². The standard InChI is InChI=1S/C18H25N3O6/c1-25-16-10-14(15(21(23)24)11-17(16)26-2)18(22)20-7-5-19(6-8-20)12-13-4-3-9-27-13/h10-11,13H,3-9,12H2,1-2H3. The molecule has 0 radical (unpaired) electrons. The molecular formula is C18H25N3O6. The van der Waals surface area contributed by atoms with Gasteiger partial charge in [0.25, 0.3) is 11.6 Å². The molecule has 0 N–H and O–H groups in total. The topological polar surface area (TPSA) is 94.4 Å². The number of hydrogen-bond donors (Lipinski definition) is 0. The summed E-state index contributed by atoms with van der Waals surface area (Å²) in [7, 11) is 2.83. The van der Waals surface area contributed by atoms with Crippen LogP contribution in [0.25, 0.3) is 0 Å². The molecule has 1 aromatic rings. The average Bonchev–Trinajstić information content (AvgIpc) is 3.19. The zero-order chi connectivity index (χ0) is 19.4. The number of piperazine rings is 1. The third kappa shape index (κ3) is 4.30. The van der Waals surface area contributed by atoms with E-state index >= 15 is 0 Å². The first-order valence-electron chi connectivity index (χ1n) is 9.07. The van der Waals surface area contributed by atoms with Crippen LogP contribution in [0.5, 0.6) is 11.5 Å². The molecule has 2 aliphatic heterocycles. The second kappa shape index (κ2) is 8.53. The molecule has 0 aliphatic carbocycles. The number of nitro benzene ring substituents is 1. The number of nitro groups is 1. The lowest BCUT2D eigenvalue weighted by atomic mass is 10.1. The maximum atomic E-state index is 12.9. The van der Waals surface area contributed by atoms with Crippen molar-refractivity contribution in [2.45, 2.75) is 18.9 Å². The van der Waals surface area contributed by atoms with Gasteiger partial charge in [0, 0.05) is 45.4 Å². The smallest absolute Gasteiger partial charge is 0.286 e. The van der Waals surface area contributed by atoms with Crippen LogP contribution < -0.4 is 9.47 Å². The fourth-order valence-electron chi connectivity index (χ4n) is 3.57. The van der Waals surface area contributed by atoms with Gasteiger partial charge in [-0.3, -0.25) is 19.8 Å². The van der Waals surface area contributed by atoms with E-state index in [1.165, 1.54) is 26.4 Å². The molecule has 0 spiro atoms. The molecule has 3 rings (SSSR count). The van der Waals surface area contributed by atoms with Gasteiger partial charge in [0.15, 0.2) is 11.5 Å². The Hall–Kier alpha value is -2.39.